The summed E-state index contributed by atoms with van der Waals surface area (Å²) < 4.78 is 0. The first-order valence-electron chi connectivity index (χ1n) is 3.82. The van der Waals surface area contributed by atoms with Crippen LogP contribution in [0.15, 0.2) is 12.2 Å². The molecule has 0 amide bonds. The first-order valence-corrected chi connectivity index (χ1v) is 3.82. The zero-order chi connectivity index (χ0) is 8.69. The molecule has 0 spiro atoms. The molecule has 0 aliphatic heterocycles. The lowest BCUT2D eigenvalue weighted by Crippen LogP contribution is -2.22. The number of carboxylic acids is 1. The van der Waals surface area contributed by atoms with Crippen LogP contribution in [0.5, 0.6) is 0 Å². The van der Waals surface area contributed by atoms with E-state index in [2.05, 4.69) is 18.7 Å². The zero-order valence-corrected chi connectivity index (χ0v) is 8.30. The predicted molar refractivity (Wildman–Crippen MR) is 51.8 cm³/mol. The summed E-state index contributed by atoms with van der Waals surface area (Å²) in [7, 11) is 0. The van der Waals surface area contributed by atoms with Crippen molar-refractivity contribution in [1.29, 1.82) is 0 Å². The van der Waals surface area contributed by atoms with E-state index in [4.69, 9.17) is 5.11 Å². The molecule has 0 rings (SSSR count). The fourth-order valence-corrected chi connectivity index (χ4v) is 0.784. The molecule has 0 radical (unpaired) electrons. The van der Waals surface area contributed by atoms with Crippen molar-refractivity contribution in [3.63, 3.8) is 0 Å². The van der Waals surface area contributed by atoms with Gasteiger partial charge in [0, 0.05) is 12.6 Å². The molecule has 0 atom stereocenters. The summed E-state index contributed by atoms with van der Waals surface area (Å²) in [5.41, 5.74) is 0. The minimum absolute atomic E-state index is 0. The van der Waals surface area contributed by atoms with Crippen LogP contribution >= 0.6 is 12.4 Å². The van der Waals surface area contributed by atoms with Gasteiger partial charge in [-0.05, 0) is 13.1 Å². The van der Waals surface area contributed by atoms with Gasteiger partial charge in [0.1, 0.15) is 0 Å². The molecule has 72 valence electrons. The second-order valence-corrected chi connectivity index (χ2v) is 2.23. The Balaban J connectivity index is 0. The number of carbonyl (C=O) groups is 1. The lowest BCUT2D eigenvalue weighted by molar-refractivity contribution is -0.131. The first-order chi connectivity index (χ1) is 5.20. The Morgan fingerprint density at radius 1 is 1.42 bits per heavy atom. The quantitative estimate of drug-likeness (QED) is 0.671. The Bertz CT molecular complexity index is 144. The second-order valence-electron chi connectivity index (χ2n) is 2.23. The van der Waals surface area contributed by atoms with E-state index in [9.17, 15) is 4.79 Å². The van der Waals surface area contributed by atoms with Crippen molar-refractivity contribution >= 4 is 18.4 Å². The summed E-state index contributed by atoms with van der Waals surface area (Å²) in [6.07, 6.45) is 2.84. The van der Waals surface area contributed by atoms with Crippen LogP contribution in [0.3, 0.4) is 0 Å². The molecule has 0 aromatic carbocycles. The molecule has 0 saturated heterocycles. The number of likely N-dealkylation sites (N-methyl/N-ethyl adjacent to an activating group) is 1. The number of halogens is 1. The van der Waals surface area contributed by atoms with E-state index in [1.165, 1.54) is 6.08 Å². The summed E-state index contributed by atoms with van der Waals surface area (Å²) in [5, 5.41) is 8.27. The van der Waals surface area contributed by atoms with Gasteiger partial charge in [0.25, 0.3) is 0 Å². The highest BCUT2D eigenvalue weighted by atomic mass is 35.5. The highest BCUT2D eigenvalue weighted by molar-refractivity contribution is 5.85. The molecular weight excluding hydrogens is 178 g/mol. The minimum Gasteiger partial charge on any atom is -0.478 e. The van der Waals surface area contributed by atoms with Crippen molar-refractivity contribution in [2.75, 3.05) is 19.6 Å². The molecule has 0 aromatic rings. The average Bonchev–Trinajstić information content (AvgIpc) is 1.98. The normalized spacial score (nSPS) is 10.2. The fourth-order valence-electron chi connectivity index (χ4n) is 0.784. The number of aliphatic carboxylic acids is 1. The molecule has 3 nitrogen and oxygen atoms in total. The molecule has 1 N–H and O–H groups in total. The molecule has 0 aliphatic rings. The Hall–Kier alpha value is -0.540. The average molecular weight is 194 g/mol. The molecule has 0 unspecified atom stereocenters. The third-order valence-corrected chi connectivity index (χ3v) is 1.52. The molecule has 0 fully saturated rings. The highest BCUT2D eigenvalue weighted by Gasteiger charge is 1.94. The monoisotopic (exact) mass is 193 g/mol. The van der Waals surface area contributed by atoms with Crippen LogP contribution in [0.1, 0.15) is 13.8 Å². The SMILES string of the molecule is CCN(CC)CC=CC(=O)O.Cl. The standard InChI is InChI=1S/C8H15NO2.ClH/c1-3-9(4-2)7-5-6-8(10)11;/h5-6H,3-4,7H2,1-2H3,(H,10,11);1H. The van der Waals surface area contributed by atoms with Crippen LogP contribution in [0, 0.1) is 0 Å². The van der Waals surface area contributed by atoms with E-state index in [0.29, 0.717) is 0 Å². The van der Waals surface area contributed by atoms with Crippen molar-refractivity contribution in [3.05, 3.63) is 12.2 Å². The molecule has 0 aliphatic carbocycles. The maximum atomic E-state index is 10.1. The van der Waals surface area contributed by atoms with Crippen molar-refractivity contribution < 1.29 is 9.90 Å². The van der Waals surface area contributed by atoms with Gasteiger partial charge < -0.3 is 10.0 Å². The van der Waals surface area contributed by atoms with Gasteiger partial charge in [0.15, 0.2) is 0 Å². The maximum Gasteiger partial charge on any atom is 0.328 e. The Labute approximate surface area is 79.5 Å². The summed E-state index contributed by atoms with van der Waals surface area (Å²) in [6.45, 7) is 6.75. The third kappa shape index (κ3) is 7.57. The van der Waals surface area contributed by atoms with Crippen molar-refractivity contribution in [2.24, 2.45) is 0 Å². The summed E-state index contributed by atoms with van der Waals surface area (Å²) in [5.74, 6) is -0.878. The van der Waals surface area contributed by atoms with Crippen molar-refractivity contribution in [2.45, 2.75) is 13.8 Å². The zero-order valence-electron chi connectivity index (χ0n) is 7.49. The Morgan fingerprint density at radius 2 is 1.92 bits per heavy atom. The molecular formula is C8H16ClNO2. The molecule has 0 aromatic heterocycles. The lowest BCUT2D eigenvalue weighted by atomic mass is 10.4. The van der Waals surface area contributed by atoms with Crippen LogP contribution in [0.4, 0.5) is 0 Å². The summed E-state index contributed by atoms with van der Waals surface area (Å²) in [4.78, 5) is 12.2. The maximum absolute atomic E-state index is 10.1. The molecule has 0 saturated carbocycles. The summed E-state index contributed by atoms with van der Waals surface area (Å²) >= 11 is 0. The fraction of sp³-hybridized carbons (Fsp3) is 0.625. The number of rotatable bonds is 5. The van der Waals surface area contributed by atoms with Crippen LogP contribution in [-0.2, 0) is 4.79 Å². The van der Waals surface area contributed by atoms with E-state index in [1.807, 2.05) is 0 Å². The van der Waals surface area contributed by atoms with Gasteiger partial charge >= 0.3 is 5.97 Å². The summed E-state index contributed by atoms with van der Waals surface area (Å²) in [6, 6.07) is 0. The smallest absolute Gasteiger partial charge is 0.328 e. The Kier molecular flexibility index (Phi) is 9.99. The number of nitrogens with zero attached hydrogens (tertiary/aromatic N) is 1. The second kappa shape index (κ2) is 8.56. The molecule has 0 bridgehead atoms. The number of hydrogen-bond donors (Lipinski definition) is 1. The molecule has 4 heteroatoms. The minimum atomic E-state index is -0.878. The highest BCUT2D eigenvalue weighted by Crippen LogP contribution is 1.86. The van der Waals surface area contributed by atoms with Crippen LogP contribution in [0.25, 0.3) is 0 Å². The number of hydrogen-bond acceptors (Lipinski definition) is 2. The van der Waals surface area contributed by atoms with Gasteiger partial charge in [-0.3, -0.25) is 0 Å². The van der Waals surface area contributed by atoms with Gasteiger partial charge in [0.05, 0.1) is 0 Å². The van der Waals surface area contributed by atoms with Gasteiger partial charge in [-0.15, -0.1) is 12.4 Å². The lowest BCUT2D eigenvalue weighted by Gasteiger charge is -2.14. The van der Waals surface area contributed by atoms with Crippen molar-refractivity contribution in [3.8, 4) is 0 Å². The largest absolute Gasteiger partial charge is 0.478 e. The van der Waals surface area contributed by atoms with Crippen molar-refractivity contribution in [1.82, 2.24) is 4.90 Å². The third-order valence-electron chi connectivity index (χ3n) is 1.52. The van der Waals surface area contributed by atoms with E-state index < -0.39 is 5.97 Å². The predicted octanol–water partition coefficient (Wildman–Crippen LogP) is 1.39. The molecule has 12 heavy (non-hydrogen) atoms. The van der Waals surface area contributed by atoms with Gasteiger partial charge in [-0.2, -0.15) is 0 Å². The van der Waals surface area contributed by atoms with E-state index in [-0.39, 0.29) is 12.4 Å². The van der Waals surface area contributed by atoms with Gasteiger partial charge in [-0.1, -0.05) is 19.9 Å². The topological polar surface area (TPSA) is 40.5 Å². The first kappa shape index (κ1) is 14.0. The van der Waals surface area contributed by atoms with E-state index >= 15 is 0 Å². The van der Waals surface area contributed by atoms with Crippen LogP contribution < -0.4 is 0 Å². The molecule has 0 heterocycles. The van der Waals surface area contributed by atoms with E-state index in [0.717, 1.165) is 19.6 Å². The Morgan fingerprint density at radius 3 is 2.25 bits per heavy atom. The number of carboxylic acid groups (broad SMARTS) is 1. The van der Waals surface area contributed by atoms with E-state index in [1.54, 1.807) is 6.08 Å². The van der Waals surface area contributed by atoms with Crippen LogP contribution in [0.2, 0.25) is 0 Å². The van der Waals surface area contributed by atoms with Gasteiger partial charge in [0.2, 0.25) is 0 Å². The van der Waals surface area contributed by atoms with Gasteiger partial charge in [-0.25, -0.2) is 4.79 Å². The van der Waals surface area contributed by atoms with Crippen LogP contribution in [-0.4, -0.2) is 35.6 Å².